The molecule has 2 aromatic carbocycles. The number of rotatable bonds is 8. The van der Waals surface area contributed by atoms with E-state index in [4.69, 9.17) is 4.84 Å². The van der Waals surface area contributed by atoms with E-state index in [1.807, 2.05) is 67.7 Å². The molecule has 0 aliphatic carbocycles. The largest absolute Gasteiger partial charge is 0.314 e. The third kappa shape index (κ3) is 4.72. The van der Waals surface area contributed by atoms with Crippen LogP contribution in [0.3, 0.4) is 0 Å². The molecule has 1 saturated heterocycles. The van der Waals surface area contributed by atoms with E-state index in [0.29, 0.717) is 6.42 Å². The zero-order valence-electron chi connectivity index (χ0n) is 14.6. The lowest BCUT2D eigenvalue weighted by molar-refractivity contribution is -0.165. The second kappa shape index (κ2) is 8.98. The number of likely N-dealkylation sites (N-methyl/N-ethyl adjacent to an activating group) is 1. The normalized spacial score (nSPS) is 18.3. The molecule has 2 amide bonds. The molecule has 0 saturated carbocycles. The summed E-state index contributed by atoms with van der Waals surface area (Å²) in [4.78, 5) is 30.3. The third-order valence-corrected chi connectivity index (χ3v) is 5.31. The van der Waals surface area contributed by atoms with Crippen LogP contribution in [0.5, 0.6) is 0 Å². The van der Waals surface area contributed by atoms with Gasteiger partial charge in [0.1, 0.15) is 0 Å². The Hall–Kier alpha value is -2.15. The van der Waals surface area contributed by atoms with Crippen LogP contribution < -0.4 is 5.32 Å². The van der Waals surface area contributed by atoms with Crippen LogP contribution in [0.2, 0.25) is 0 Å². The van der Waals surface area contributed by atoms with Gasteiger partial charge < -0.3 is 5.32 Å². The smallest absolute Gasteiger partial charge is 0.313 e. The first kappa shape index (κ1) is 18.6. The standard InChI is InChI=1S/C20H22N2O3S/c1-21-17(12-15-8-4-2-5-9-15)14-25-22-19(23)18(26-20(22)24)13-16-10-6-3-7-11-16/h2-11,17-18,21H,12-14H2,1H3. The minimum atomic E-state index is -0.424. The molecule has 1 heterocycles. The first-order valence-corrected chi connectivity index (χ1v) is 9.48. The van der Waals surface area contributed by atoms with Crippen molar-refractivity contribution in [2.75, 3.05) is 13.7 Å². The molecule has 1 aliphatic heterocycles. The van der Waals surface area contributed by atoms with Gasteiger partial charge in [-0.15, -0.1) is 5.06 Å². The maximum Gasteiger partial charge on any atom is 0.313 e. The fourth-order valence-electron chi connectivity index (χ4n) is 2.82. The van der Waals surface area contributed by atoms with E-state index in [1.54, 1.807) is 0 Å². The Morgan fingerprint density at radius 1 is 1.04 bits per heavy atom. The molecule has 2 atom stereocenters. The maximum atomic E-state index is 12.5. The van der Waals surface area contributed by atoms with Gasteiger partial charge in [0.25, 0.3) is 5.91 Å². The molecule has 0 spiro atoms. The average Bonchev–Trinajstić information content (AvgIpc) is 2.93. The summed E-state index contributed by atoms with van der Waals surface area (Å²) in [5, 5.41) is 3.33. The first-order chi connectivity index (χ1) is 12.7. The van der Waals surface area contributed by atoms with Crippen molar-refractivity contribution in [1.29, 1.82) is 0 Å². The van der Waals surface area contributed by atoms with E-state index in [0.717, 1.165) is 28.8 Å². The highest BCUT2D eigenvalue weighted by atomic mass is 32.2. The SMILES string of the molecule is CNC(CON1C(=O)SC(Cc2ccccc2)C1=O)Cc1ccccc1. The van der Waals surface area contributed by atoms with Crippen molar-refractivity contribution < 1.29 is 14.4 Å². The Labute approximate surface area is 157 Å². The molecule has 3 rings (SSSR count). The topological polar surface area (TPSA) is 58.6 Å². The van der Waals surface area contributed by atoms with E-state index in [2.05, 4.69) is 5.32 Å². The van der Waals surface area contributed by atoms with Gasteiger partial charge in [0.2, 0.25) is 0 Å². The summed E-state index contributed by atoms with van der Waals surface area (Å²) < 4.78 is 0. The van der Waals surface area contributed by atoms with Gasteiger partial charge in [-0.05, 0) is 42.8 Å². The van der Waals surface area contributed by atoms with Crippen molar-refractivity contribution in [3.05, 3.63) is 71.8 Å². The number of carbonyl (C=O) groups excluding carboxylic acids is 2. The highest BCUT2D eigenvalue weighted by molar-refractivity contribution is 8.15. The van der Waals surface area contributed by atoms with Crippen LogP contribution in [0.25, 0.3) is 0 Å². The second-order valence-corrected chi connectivity index (χ2v) is 7.32. The Morgan fingerprint density at radius 2 is 1.65 bits per heavy atom. The minimum Gasteiger partial charge on any atom is -0.314 e. The molecule has 0 bridgehead atoms. The Balaban J connectivity index is 1.55. The molecule has 2 unspecified atom stereocenters. The van der Waals surface area contributed by atoms with Gasteiger partial charge in [-0.3, -0.25) is 14.4 Å². The summed E-state index contributed by atoms with van der Waals surface area (Å²) in [7, 11) is 1.84. The van der Waals surface area contributed by atoms with E-state index >= 15 is 0 Å². The number of hydrogen-bond acceptors (Lipinski definition) is 5. The molecular formula is C20H22N2O3S. The lowest BCUT2D eigenvalue weighted by Crippen LogP contribution is -2.39. The molecule has 1 aliphatic rings. The molecular weight excluding hydrogens is 348 g/mol. The molecule has 6 heteroatoms. The molecule has 2 aromatic rings. The van der Waals surface area contributed by atoms with Crippen LogP contribution in [0.1, 0.15) is 11.1 Å². The van der Waals surface area contributed by atoms with E-state index in [-0.39, 0.29) is 23.8 Å². The molecule has 1 N–H and O–H groups in total. The summed E-state index contributed by atoms with van der Waals surface area (Å²) in [6, 6.07) is 19.7. The highest BCUT2D eigenvalue weighted by Gasteiger charge is 2.41. The summed E-state index contributed by atoms with van der Waals surface area (Å²) >= 11 is 1.03. The lowest BCUT2D eigenvalue weighted by atomic mass is 10.1. The monoisotopic (exact) mass is 370 g/mol. The number of imide groups is 1. The van der Waals surface area contributed by atoms with Crippen molar-refractivity contribution in [2.45, 2.75) is 24.1 Å². The number of nitrogens with zero attached hydrogens (tertiary/aromatic N) is 1. The summed E-state index contributed by atoms with van der Waals surface area (Å²) in [6.45, 7) is 0.251. The van der Waals surface area contributed by atoms with Gasteiger partial charge in [0, 0.05) is 6.04 Å². The Morgan fingerprint density at radius 3 is 2.27 bits per heavy atom. The predicted molar refractivity (Wildman–Crippen MR) is 103 cm³/mol. The number of benzene rings is 2. The Bertz CT molecular complexity index is 739. The zero-order chi connectivity index (χ0) is 18.4. The van der Waals surface area contributed by atoms with Crippen LogP contribution in [0.4, 0.5) is 4.79 Å². The van der Waals surface area contributed by atoms with E-state index < -0.39 is 5.25 Å². The number of nitrogens with one attached hydrogen (secondary N) is 1. The van der Waals surface area contributed by atoms with Crippen molar-refractivity contribution >= 4 is 22.9 Å². The highest BCUT2D eigenvalue weighted by Crippen LogP contribution is 2.29. The molecule has 136 valence electrons. The number of thioether (sulfide) groups is 1. The summed E-state index contributed by atoms with van der Waals surface area (Å²) in [6.07, 6.45) is 1.28. The minimum absolute atomic E-state index is 0.0103. The third-order valence-electron chi connectivity index (χ3n) is 4.29. The number of carbonyl (C=O) groups is 2. The second-order valence-electron chi connectivity index (χ2n) is 6.17. The lowest BCUT2D eigenvalue weighted by Gasteiger charge is -2.20. The molecule has 26 heavy (non-hydrogen) atoms. The number of hydroxylamine groups is 2. The van der Waals surface area contributed by atoms with E-state index in [9.17, 15) is 9.59 Å². The van der Waals surface area contributed by atoms with Crippen molar-refractivity contribution in [2.24, 2.45) is 0 Å². The van der Waals surface area contributed by atoms with Gasteiger partial charge in [-0.1, -0.05) is 60.7 Å². The van der Waals surface area contributed by atoms with Crippen LogP contribution in [-0.2, 0) is 22.5 Å². The molecule has 0 radical (unpaired) electrons. The molecule has 5 nitrogen and oxygen atoms in total. The van der Waals surface area contributed by atoms with Gasteiger partial charge in [0.05, 0.1) is 11.9 Å². The van der Waals surface area contributed by atoms with Crippen molar-refractivity contribution in [1.82, 2.24) is 10.4 Å². The molecule has 0 aromatic heterocycles. The number of hydrogen-bond donors (Lipinski definition) is 1. The van der Waals surface area contributed by atoms with Gasteiger partial charge >= 0.3 is 5.24 Å². The van der Waals surface area contributed by atoms with Crippen molar-refractivity contribution in [3.63, 3.8) is 0 Å². The van der Waals surface area contributed by atoms with Crippen LogP contribution >= 0.6 is 11.8 Å². The summed E-state index contributed by atoms with van der Waals surface area (Å²) in [5.41, 5.74) is 2.20. The van der Waals surface area contributed by atoms with Crippen LogP contribution in [0.15, 0.2) is 60.7 Å². The summed E-state index contributed by atoms with van der Waals surface area (Å²) in [5.74, 6) is -0.279. The van der Waals surface area contributed by atoms with Gasteiger partial charge in [0.15, 0.2) is 0 Å². The van der Waals surface area contributed by atoms with Crippen LogP contribution in [0, 0.1) is 0 Å². The molecule has 1 fully saturated rings. The average molecular weight is 370 g/mol. The quantitative estimate of drug-likeness (QED) is 0.774. The fraction of sp³-hybridized carbons (Fsp3) is 0.300. The van der Waals surface area contributed by atoms with E-state index in [1.165, 1.54) is 5.56 Å². The Kier molecular flexibility index (Phi) is 6.44. The van der Waals surface area contributed by atoms with Gasteiger partial charge in [-0.2, -0.15) is 0 Å². The van der Waals surface area contributed by atoms with Crippen molar-refractivity contribution in [3.8, 4) is 0 Å². The zero-order valence-corrected chi connectivity index (χ0v) is 15.4. The predicted octanol–water partition coefficient (Wildman–Crippen LogP) is 3.06. The first-order valence-electron chi connectivity index (χ1n) is 8.60. The fourth-order valence-corrected chi connectivity index (χ4v) is 3.78. The number of amides is 2. The van der Waals surface area contributed by atoms with Gasteiger partial charge in [-0.25, -0.2) is 0 Å². The maximum absolute atomic E-state index is 12.5. The van der Waals surface area contributed by atoms with Crippen LogP contribution in [-0.4, -0.2) is 41.2 Å².